The predicted molar refractivity (Wildman–Crippen MR) is 96.2 cm³/mol. The molecule has 0 fully saturated rings. The van der Waals surface area contributed by atoms with Gasteiger partial charge in [-0.25, -0.2) is 4.79 Å². The zero-order valence-electron chi connectivity index (χ0n) is 14.8. The van der Waals surface area contributed by atoms with Crippen LogP contribution in [-0.4, -0.2) is 27.5 Å². The van der Waals surface area contributed by atoms with Gasteiger partial charge in [0.05, 0.1) is 18.3 Å². The van der Waals surface area contributed by atoms with Crippen LogP contribution in [-0.2, 0) is 19.9 Å². The van der Waals surface area contributed by atoms with Crippen molar-refractivity contribution in [3.05, 3.63) is 52.8 Å². The van der Waals surface area contributed by atoms with Gasteiger partial charge < -0.3 is 15.7 Å². The van der Waals surface area contributed by atoms with Crippen molar-refractivity contribution in [1.82, 2.24) is 20.4 Å². The Bertz CT molecular complexity index is 741. The Morgan fingerprint density at radius 2 is 2.04 bits per heavy atom. The van der Waals surface area contributed by atoms with E-state index < -0.39 is 6.10 Å². The summed E-state index contributed by atoms with van der Waals surface area (Å²) in [6, 6.07) is 6.13. The van der Waals surface area contributed by atoms with Crippen molar-refractivity contribution in [1.29, 1.82) is 0 Å². The summed E-state index contributed by atoms with van der Waals surface area (Å²) in [6.45, 7) is 2.12. The summed E-state index contributed by atoms with van der Waals surface area (Å²) in [4.78, 5) is 12.1. The SMILES string of the molecule is C[C@H](NC(=O)NC[C@@H](O)c1cnn(C)c1)c1ccc2c(c1)CCCC2. The molecule has 25 heavy (non-hydrogen) atoms. The number of aryl methyl sites for hydroxylation is 3. The van der Waals surface area contributed by atoms with Crippen LogP contribution in [0.4, 0.5) is 4.79 Å². The van der Waals surface area contributed by atoms with E-state index in [1.54, 1.807) is 24.1 Å². The molecule has 3 rings (SSSR count). The first-order valence-corrected chi connectivity index (χ1v) is 8.85. The van der Waals surface area contributed by atoms with Crippen LogP contribution in [0.2, 0.25) is 0 Å². The Morgan fingerprint density at radius 1 is 1.28 bits per heavy atom. The van der Waals surface area contributed by atoms with E-state index in [0.717, 1.165) is 18.4 Å². The molecule has 6 nitrogen and oxygen atoms in total. The first-order valence-electron chi connectivity index (χ1n) is 8.85. The maximum atomic E-state index is 12.1. The highest BCUT2D eigenvalue weighted by atomic mass is 16.3. The molecule has 3 N–H and O–H groups in total. The van der Waals surface area contributed by atoms with Crippen molar-refractivity contribution >= 4 is 6.03 Å². The molecular weight excluding hydrogens is 316 g/mol. The number of nitrogens with zero attached hydrogens (tertiary/aromatic N) is 2. The van der Waals surface area contributed by atoms with Gasteiger partial charge in [0.2, 0.25) is 0 Å². The summed E-state index contributed by atoms with van der Waals surface area (Å²) < 4.78 is 1.62. The maximum Gasteiger partial charge on any atom is 0.315 e. The van der Waals surface area contributed by atoms with E-state index in [-0.39, 0.29) is 18.6 Å². The fraction of sp³-hybridized carbons (Fsp3) is 0.474. The van der Waals surface area contributed by atoms with E-state index in [2.05, 4.69) is 33.9 Å². The number of amides is 2. The average Bonchev–Trinajstić information content (AvgIpc) is 3.05. The lowest BCUT2D eigenvalue weighted by Gasteiger charge is -2.20. The van der Waals surface area contributed by atoms with Crippen molar-refractivity contribution < 1.29 is 9.90 Å². The van der Waals surface area contributed by atoms with E-state index in [0.29, 0.717) is 5.56 Å². The first kappa shape index (κ1) is 17.5. The van der Waals surface area contributed by atoms with Crippen LogP contribution in [0.5, 0.6) is 0 Å². The molecule has 2 amide bonds. The molecule has 134 valence electrons. The highest BCUT2D eigenvalue weighted by Gasteiger charge is 2.15. The molecule has 0 aliphatic heterocycles. The number of benzene rings is 1. The minimum absolute atomic E-state index is 0.0808. The minimum atomic E-state index is -0.765. The molecule has 1 aliphatic carbocycles. The van der Waals surface area contributed by atoms with E-state index >= 15 is 0 Å². The van der Waals surface area contributed by atoms with E-state index in [1.165, 1.54) is 24.0 Å². The molecule has 1 aliphatic rings. The molecule has 0 unspecified atom stereocenters. The Balaban J connectivity index is 1.52. The number of hydrogen-bond acceptors (Lipinski definition) is 3. The van der Waals surface area contributed by atoms with Crippen molar-refractivity contribution in [2.75, 3.05) is 6.54 Å². The Kier molecular flexibility index (Phi) is 5.38. The number of nitrogens with one attached hydrogen (secondary N) is 2. The minimum Gasteiger partial charge on any atom is -0.386 e. The lowest BCUT2D eigenvalue weighted by molar-refractivity contribution is 0.172. The van der Waals surface area contributed by atoms with Crippen LogP contribution < -0.4 is 10.6 Å². The zero-order chi connectivity index (χ0) is 17.8. The van der Waals surface area contributed by atoms with Gasteiger partial charge in [0, 0.05) is 25.4 Å². The summed E-state index contributed by atoms with van der Waals surface area (Å²) in [5, 5.41) is 19.7. The Labute approximate surface area is 148 Å². The fourth-order valence-corrected chi connectivity index (χ4v) is 3.27. The Morgan fingerprint density at radius 3 is 2.76 bits per heavy atom. The molecular formula is C19H26N4O2. The maximum absolute atomic E-state index is 12.1. The molecule has 0 saturated carbocycles. The van der Waals surface area contributed by atoms with Crippen LogP contribution in [0.1, 0.15) is 54.2 Å². The van der Waals surface area contributed by atoms with Gasteiger partial charge in [-0.2, -0.15) is 5.10 Å². The second-order valence-electron chi connectivity index (χ2n) is 6.77. The van der Waals surface area contributed by atoms with E-state index in [1.807, 2.05) is 6.92 Å². The van der Waals surface area contributed by atoms with Crippen molar-refractivity contribution in [2.45, 2.75) is 44.8 Å². The summed E-state index contributed by atoms with van der Waals surface area (Å²) in [5.41, 5.74) is 4.64. The normalized spacial score (nSPS) is 16.0. The number of aliphatic hydroxyl groups is 1. The molecule has 1 aromatic heterocycles. The average molecular weight is 342 g/mol. The summed E-state index contributed by atoms with van der Waals surface area (Å²) in [7, 11) is 1.79. The van der Waals surface area contributed by atoms with Crippen LogP contribution in [0.25, 0.3) is 0 Å². The topological polar surface area (TPSA) is 79.2 Å². The molecule has 1 aromatic carbocycles. The lowest BCUT2D eigenvalue weighted by Crippen LogP contribution is -2.39. The summed E-state index contributed by atoms with van der Waals surface area (Å²) in [6.07, 6.45) is 7.36. The first-order chi connectivity index (χ1) is 12.0. The quantitative estimate of drug-likeness (QED) is 0.781. The van der Waals surface area contributed by atoms with E-state index in [9.17, 15) is 9.90 Å². The van der Waals surface area contributed by atoms with Crippen molar-refractivity contribution in [3.8, 4) is 0 Å². The summed E-state index contributed by atoms with van der Waals surface area (Å²) >= 11 is 0. The van der Waals surface area contributed by atoms with Gasteiger partial charge in [-0.3, -0.25) is 4.68 Å². The number of carbonyl (C=O) groups is 1. The number of urea groups is 1. The van der Waals surface area contributed by atoms with Crippen LogP contribution in [0, 0.1) is 0 Å². The predicted octanol–water partition coefficient (Wildman–Crippen LogP) is 2.39. The number of fused-ring (bicyclic) bond motifs is 1. The molecule has 2 atom stereocenters. The second kappa shape index (κ2) is 7.70. The molecule has 0 bridgehead atoms. The summed E-state index contributed by atoms with van der Waals surface area (Å²) in [5.74, 6) is 0. The van der Waals surface area contributed by atoms with Crippen LogP contribution in [0.15, 0.2) is 30.6 Å². The van der Waals surface area contributed by atoms with Gasteiger partial charge in [-0.1, -0.05) is 18.2 Å². The third-order valence-corrected chi connectivity index (χ3v) is 4.79. The molecule has 2 aromatic rings. The standard InChI is InChI=1S/C19H26N4O2/c1-13(15-8-7-14-5-3-4-6-16(14)9-15)22-19(25)20-11-18(24)17-10-21-23(2)12-17/h7-10,12-13,18,24H,3-6,11H2,1-2H3,(H2,20,22,25)/t13-,18+/m0/s1. The lowest BCUT2D eigenvalue weighted by atomic mass is 9.89. The van der Waals surface area contributed by atoms with Crippen molar-refractivity contribution in [3.63, 3.8) is 0 Å². The number of aliphatic hydroxyl groups excluding tert-OH is 1. The third-order valence-electron chi connectivity index (χ3n) is 4.79. The monoisotopic (exact) mass is 342 g/mol. The smallest absolute Gasteiger partial charge is 0.315 e. The highest BCUT2D eigenvalue weighted by molar-refractivity contribution is 5.74. The van der Waals surface area contributed by atoms with Gasteiger partial charge in [0.15, 0.2) is 0 Å². The Hall–Kier alpha value is -2.34. The molecule has 0 spiro atoms. The van der Waals surface area contributed by atoms with Gasteiger partial charge in [-0.15, -0.1) is 0 Å². The van der Waals surface area contributed by atoms with Crippen molar-refractivity contribution in [2.24, 2.45) is 7.05 Å². The molecule has 1 heterocycles. The third kappa shape index (κ3) is 4.39. The van der Waals surface area contributed by atoms with E-state index in [4.69, 9.17) is 0 Å². The van der Waals surface area contributed by atoms with Gasteiger partial charge in [0.1, 0.15) is 0 Å². The van der Waals surface area contributed by atoms with Crippen LogP contribution >= 0.6 is 0 Å². The molecule has 0 radical (unpaired) electrons. The number of carbonyl (C=O) groups excluding carboxylic acids is 1. The molecule has 6 heteroatoms. The fourth-order valence-electron chi connectivity index (χ4n) is 3.27. The van der Waals surface area contributed by atoms with Gasteiger partial charge in [0.25, 0.3) is 0 Å². The van der Waals surface area contributed by atoms with Crippen LogP contribution in [0.3, 0.4) is 0 Å². The van der Waals surface area contributed by atoms with Gasteiger partial charge >= 0.3 is 6.03 Å². The number of rotatable bonds is 5. The second-order valence-corrected chi connectivity index (χ2v) is 6.77. The van der Waals surface area contributed by atoms with Gasteiger partial charge in [-0.05, 0) is 49.3 Å². The highest BCUT2D eigenvalue weighted by Crippen LogP contribution is 2.24. The largest absolute Gasteiger partial charge is 0.386 e. The molecule has 0 saturated heterocycles. The zero-order valence-corrected chi connectivity index (χ0v) is 14.8. The number of hydrogen-bond donors (Lipinski definition) is 3. The number of aromatic nitrogens is 2.